The Hall–Kier alpha value is -1.87. The summed E-state index contributed by atoms with van der Waals surface area (Å²) in [6.45, 7) is 0.232. The molecule has 2 aromatic carbocycles. The second-order valence-corrected chi connectivity index (χ2v) is 7.01. The molecule has 0 bridgehead atoms. The van der Waals surface area contributed by atoms with E-state index in [0.717, 1.165) is 5.56 Å². The molecule has 0 aliphatic heterocycles. The largest absolute Gasteiger partial charge is 0.243 e. The van der Waals surface area contributed by atoms with Crippen molar-refractivity contribution in [1.82, 2.24) is 4.31 Å². The first-order valence-electron chi connectivity index (χ1n) is 6.14. The molecule has 4 nitrogen and oxygen atoms in total. The maximum absolute atomic E-state index is 12.5. The number of sulfonamides is 1. The molecule has 0 N–H and O–H groups in total. The minimum atomic E-state index is -3.63. The molecule has 0 amide bonds. The third-order valence-corrected chi connectivity index (χ3v) is 5.04. The Morgan fingerprint density at radius 2 is 1.86 bits per heavy atom. The van der Waals surface area contributed by atoms with Gasteiger partial charge in [0.15, 0.2) is 0 Å². The van der Waals surface area contributed by atoms with Gasteiger partial charge in [0.2, 0.25) is 10.0 Å². The SMILES string of the molecule is CN(Cc1ccc(Cl)cc1)S(=O)(=O)c1cccc(C#N)c1. The van der Waals surface area contributed by atoms with Crippen LogP contribution in [0, 0.1) is 11.3 Å². The van der Waals surface area contributed by atoms with Crippen molar-refractivity contribution in [3.63, 3.8) is 0 Å². The van der Waals surface area contributed by atoms with Crippen molar-refractivity contribution in [2.45, 2.75) is 11.4 Å². The molecule has 0 aliphatic rings. The first kappa shape index (κ1) is 15.5. The summed E-state index contributed by atoms with van der Waals surface area (Å²) in [6, 6.07) is 14.9. The molecule has 0 aliphatic carbocycles. The van der Waals surface area contributed by atoms with E-state index in [0.29, 0.717) is 10.6 Å². The molecule has 108 valence electrons. The zero-order valence-electron chi connectivity index (χ0n) is 11.3. The molecule has 0 unspecified atom stereocenters. The molecule has 0 saturated carbocycles. The Morgan fingerprint density at radius 1 is 1.19 bits per heavy atom. The maximum atomic E-state index is 12.5. The summed E-state index contributed by atoms with van der Waals surface area (Å²) < 4.78 is 26.2. The van der Waals surface area contributed by atoms with Gasteiger partial charge in [0.05, 0.1) is 16.5 Å². The van der Waals surface area contributed by atoms with E-state index < -0.39 is 10.0 Å². The number of hydrogen-bond donors (Lipinski definition) is 0. The molecule has 0 atom stereocenters. The van der Waals surface area contributed by atoms with Gasteiger partial charge >= 0.3 is 0 Å². The maximum Gasteiger partial charge on any atom is 0.243 e. The van der Waals surface area contributed by atoms with E-state index in [1.54, 1.807) is 36.4 Å². The van der Waals surface area contributed by atoms with Crippen LogP contribution in [0.4, 0.5) is 0 Å². The van der Waals surface area contributed by atoms with E-state index in [9.17, 15) is 8.42 Å². The third kappa shape index (κ3) is 3.61. The molecule has 6 heteroatoms. The summed E-state index contributed by atoms with van der Waals surface area (Å²) in [5.41, 5.74) is 1.15. The van der Waals surface area contributed by atoms with Crippen LogP contribution in [0.3, 0.4) is 0 Å². The van der Waals surface area contributed by atoms with Gasteiger partial charge in [0, 0.05) is 18.6 Å². The van der Waals surface area contributed by atoms with Crippen LogP contribution in [0.2, 0.25) is 5.02 Å². The van der Waals surface area contributed by atoms with Crippen molar-refractivity contribution >= 4 is 21.6 Å². The van der Waals surface area contributed by atoms with E-state index in [4.69, 9.17) is 16.9 Å². The highest BCUT2D eigenvalue weighted by Gasteiger charge is 2.21. The summed E-state index contributed by atoms with van der Waals surface area (Å²) in [5, 5.41) is 9.46. The molecule has 2 aromatic rings. The van der Waals surface area contributed by atoms with Gasteiger partial charge in [-0.2, -0.15) is 9.57 Å². The predicted octanol–water partition coefficient (Wildman–Crippen LogP) is 3.03. The highest BCUT2D eigenvalue weighted by atomic mass is 35.5. The van der Waals surface area contributed by atoms with E-state index in [2.05, 4.69) is 0 Å². The number of rotatable bonds is 4. The van der Waals surface area contributed by atoms with Gasteiger partial charge < -0.3 is 0 Å². The normalized spacial score (nSPS) is 11.3. The highest BCUT2D eigenvalue weighted by Crippen LogP contribution is 2.18. The summed E-state index contributed by atoms with van der Waals surface area (Å²) in [6.07, 6.45) is 0. The predicted molar refractivity (Wildman–Crippen MR) is 81.3 cm³/mol. The highest BCUT2D eigenvalue weighted by molar-refractivity contribution is 7.89. The number of nitrogens with zero attached hydrogens (tertiary/aromatic N) is 2. The Labute approximate surface area is 129 Å². The van der Waals surface area contributed by atoms with Gasteiger partial charge in [-0.05, 0) is 35.9 Å². The summed E-state index contributed by atoms with van der Waals surface area (Å²) >= 11 is 5.80. The van der Waals surface area contributed by atoms with Gasteiger partial charge in [-0.3, -0.25) is 0 Å². The lowest BCUT2D eigenvalue weighted by atomic mass is 10.2. The van der Waals surface area contributed by atoms with Crippen molar-refractivity contribution in [2.24, 2.45) is 0 Å². The molecule has 2 rings (SSSR count). The van der Waals surface area contributed by atoms with Crippen molar-refractivity contribution in [3.05, 3.63) is 64.7 Å². The van der Waals surface area contributed by atoms with Gasteiger partial charge in [-0.15, -0.1) is 0 Å². The molecule has 0 aromatic heterocycles. The van der Waals surface area contributed by atoms with Gasteiger partial charge in [-0.25, -0.2) is 8.42 Å². The molecule has 0 saturated heterocycles. The Balaban J connectivity index is 2.26. The fourth-order valence-electron chi connectivity index (χ4n) is 1.84. The van der Waals surface area contributed by atoms with Crippen LogP contribution in [0.25, 0.3) is 0 Å². The first-order chi connectivity index (χ1) is 9.93. The Kier molecular flexibility index (Phi) is 4.63. The molecule has 21 heavy (non-hydrogen) atoms. The number of benzene rings is 2. The van der Waals surface area contributed by atoms with Crippen LogP contribution in [-0.2, 0) is 16.6 Å². The van der Waals surface area contributed by atoms with Crippen LogP contribution in [0.1, 0.15) is 11.1 Å². The van der Waals surface area contributed by atoms with Crippen molar-refractivity contribution < 1.29 is 8.42 Å². The minimum Gasteiger partial charge on any atom is -0.207 e. The van der Waals surface area contributed by atoms with Gasteiger partial charge in [-0.1, -0.05) is 29.8 Å². The zero-order valence-corrected chi connectivity index (χ0v) is 12.9. The van der Waals surface area contributed by atoms with Crippen LogP contribution < -0.4 is 0 Å². The lowest BCUT2D eigenvalue weighted by Gasteiger charge is -2.17. The van der Waals surface area contributed by atoms with Crippen LogP contribution in [-0.4, -0.2) is 19.8 Å². The first-order valence-corrected chi connectivity index (χ1v) is 7.96. The summed E-state index contributed by atoms with van der Waals surface area (Å²) in [4.78, 5) is 0.109. The monoisotopic (exact) mass is 320 g/mol. The topological polar surface area (TPSA) is 61.2 Å². The number of hydrogen-bond acceptors (Lipinski definition) is 3. The van der Waals surface area contributed by atoms with Crippen LogP contribution in [0.5, 0.6) is 0 Å². The lowest BCUT2D eigenvalue weighted by molar-refractivity contribution is 0.466. The average molecular weight is 321 g/mol. The molecular formula is C15H13ClN2O2S. The minimum absolute atomic E-state index is 0.109. The standard InChI is InChI=1S/C15H13ClN2O2S/c1-18(11-12-5-7-14(16)8-6-12)21(19,20)15-4-2-3-13(9-15)10-17/h2-9H,11H2,1H3. The van der Waals surface area contributed by atoms with Crippen molar-refractivity contribution in [1.29, 1.82) is 5.26 Å². The van der Waals surface area contributed by atoms with E-state index in [-0.39, 0.29) is 11.4 Å². The van der Waals surface area contributed by atoms with E-state index >= 15 is 0 Å². The second kappa shape index (κ2) is 6.27. The molecule has 0 fully saturated rings. The van der Waals surface area contributed by atoms with Crippen molar-refractivity contribution in [3.8, 4) is 6.07 Å². The third-order valence-electron chi connectivity index (χ3n) is 2.99. The Bertz CT molecular complexity index is 780. The quantitative estimate of drug-likeness (QED) is 0.870. The lowest BCUT2D eigenvalue weighted by Crippen LogP contribution is -2.26. The Morgan fingerprint density at radius 3 is 2.48 bits per heavy atom. The van der Waals surface area contributed by atoms with Gasteiger partial charge in [0.25, 0.3) is 0 Å². The fourth-order valence-corrected chi connectivity index (χ4v) is 3.17. The number of halogens is 1. The van der Waals surface area contributed by atoms with E-state index in [1.165, 1.54) is 23.5 Å². The second-order valence-electron chi connectivity index (χ2n) is 4.53. The van der Waals surface area contributed by atoms with E-state index in [1.807, 2.05) is 6.07 Å². The molecule has 0 spiro atoms. The van der Waals surface area contributed by atoms with Crippen LogP contribution >= 0.6 is 11.6 Å². The molecule has 0 radical (unpaired) electrons. The van der Waals surface area contributed by atoms with Gasteiger partial charge in [0.1, 0.15) is 0 Å². The zero-order chi connectivity index (χ0) is 15.5. The summed E-state index contributed by atoms with van der Waals surface area (Å²) in [7, 11) is -2.13. The smallest absolute Gasteiger partial charge is 0.207 e. The average Bonchev–Trinajstić information content (AvgIpc) is 2.49. The molecule has 0 heterocycles. The van der Waals surface area contributed by atoms with Crippen LogP contribution in [0.15, 0.2) is 53.4 Å². The summed E-state index contributed by atoms with van der Waals surface area (Å²) in [5.74, 6) is 0. The van der Waals surface area contributed by atoms with Crippen molar-refractivity contribution in [2.75, 3.05) is 7.05 Å². The number of nitriles is 1. The molecular weight excluding hydrogens is 308 g/mol. The fraction of sp³-hybridized carbons (Fsp3) is 0.133.